The van der Waals surface area contributed by atoms with Crippen molar-refractivity contribution >= 4 is 11.1 Å². The normalized spacial score (nSPS) is 16.4. The van der Waals surface area contributed by atoms with E-state index in [2.05, 4.69) is 6.92 Å². The van der Waals surface area contributed by atoms with Gasteiger partial charge in [0.05, 0.1) is 0 Å². The van der Waals surface area contributed by atoms with Crippen LogP contribution in [0, 0.1) is 5.92 Å². The summed E-state index contributed by atoms with van der Waals surface area (Å²) in [5.74, 6) is 0.250. The molecule has 0 aromatic carbocycles. The van der Waals surface area contributed by atoms with Gasteiger partial charge in [-0.15, -0.1) is 0 Å². The first kappa shape index (κ1) is 12.1. The fourth-order valence-corrected chi connectivity index (χ4v) is 2.05. The molecule has 0 radical (unpaired) electrons. The SMILES string of the molecule is CCCCCC(C(C)C)S(=O)[O-]. The quantitative estimate of drug-likeness (QED) is 0.478. The van der Waals surface area contributed by atoms with Gasteiger partial charge in [-0.25, -0.2) is 0 Å². The Labute approximate surface area is 78.0 Å². The molecule has 74 valence electrons. The molecule has 0 aliphatic rings. The predicted octanol–water partition coefficient (Wildman–Crippen LogP) is 2.47. The van der Waals surface area contributed by atoms with E-state index in [4.69, 9.17) is 0 Å². The third-order valence-corrected chi connectivity index (χ3v) is 3.36. The van der Waals surface area contributed by atoms with Gasteiger partial charge in [0.15, 0.2) is 0 Å². The van der Waals surface area contributed by atoms with Gasteiger partial charge in [-0.3, -0.25) is 4.21 Å². The van der Waals surface area contributed by atoms with Crippen molar-refractivity contribution in [1.82, 2.24) is 0 Å². The lowest BCUT2D eigenvalue weighted by Crippen LogP contribution is -2.21. The summed E-state index contributed by atoms with van der Waals surface area (Å²) < 4.78 is 21.5. The van der Waals surface area contributed by atoms with Crippen LogP contribution in [-0.2, 0) is 11.1 Å². The van der Waals surface area contributed by atoms with Crippen molar-refractivity contribution in [2.75, 3.05) is 0 Å². The van der Waals surface area contributed by atoms with E-state index in [0.717, 1.165) is 25.7 Å². The van der Waals surface area contributed by atoms with Crippen LogP contribution in [0.3, 0.4) is 0 Å². The Morgan fingerprint density at radius 2 is 1.92 bits per heavy atom. The summed E-state index contributed by atoms with van der Waals surface area (Å²) in [6.07, 6.45) is 4.14. The lowest BCUT2D eigenvalue weighted by Gasteiger charge is -2.23. The lowest BCUT2D eigenvalue weighted by molar-refractivity contribution is 0.466. The Hall–Kier alpha value is 0.110. The van der Waals surface area contributed by atoms with Crippen molar-refractivity contribution in [3.63, 3.8) is 0 Å². The van der Waals surface area contributed by atoms with Crippen molar-refractivity contribution < 1.29 is 8.76 Å². The van der Waals surface area contributed by atoms with E-state index in [9.17, 15) is 8.76 Å². The second kappa shape index (κ2) is 6.61. The van der Waals surface area contributed by atoms with Gasteiger partial charge >= 0.3 is 0 Å². The molecule has 0 saturated heterocycles. The molecular formula is C9H19O2S-. The molecule has 0 heterocycles. The van der Waals surface area contributed by atoms with Crippen molar-refractivity contribution in [3.8, 4) is 0 Å². The summed E-state index contributed by atoms with van der Waals surface area (Å²) in [6.45, 7) is 6.05. The van der Waals surface area contributed by atoms with Crippen LogP contribution < -0.4 is 0 Å². The molecule has 0 aromatic heterocycles. The molecule has 2 unspecified atom stereocenters. The zero-order valence-electron chi connectivity index (χ0n) is 8.21. The minimum absolute atomic E-state index is 0.142. The van der Waals surface area contributed by atoms with Gasteiger partial charge in [-0.2, -0.15) is 0 Å². The van der Waals surface area contributed by atoms with Gasteiger partial charge in [0.25, 0.3) is 0 Å². The Morgan fingerprint density at radius 1 is 1.33 bits per heavy atom. The first-order valence-corrected chi connectivity index (χ1v) is 5.81. The molecule has 0 fully saturated rings. The average molecular weight is 191 g/mol. The molecule has 0 aliphatic carbocycles. The summed E-state index contributed by atoms with van der Waals surface area (Å²) in [7, 11) is 0. The highest BCUT2D eigenvalue weighted by atomic mass is 32.2. The maximum atomic E-state index is 10.7. The Bertz CT molecular complexity index is 134. The van der Waals surface area contributed by atoms with Gasteiger partial charge in [0.2, 0.25) is 0 Å². The molecule has 0 bridgehead atoms. The topological polar surface area (TPSA) is 40.1 Å². The van der Waals surface area contributed by atoms with E-state index in [1.54, 1.807) is 0 Å². The van der Waals surface area contributed by atoms with Crippen LogP contribution in [0.15, 0.2) is 0 Å². The monoisotopic (exact) mass is 191 g/mol. The highest BCUT2D eigenvalue weighted by Gasteiger charge is 2.12. The largest absolute Gasteiger partial charge is 0.772 e. The fourth-order valence-electron chi connectivity index (χ4n) is 1.25. The third kappa shape index (κ3) is 4.88. The number of hydrogen-bond donors (Lipinski definition) is 0. The van der Waals surface area contributed by atoms with Gasteiger partial charge in [0, 0.05) is 5.25 Å². The average Bonchev–Trinajstić information content (AvgIpc) is 1.96. The van der Waals surface area contributed by atoms with Crippen molar-refractivity contribution in [3.05, 3.63) is 0 Å². The smallest absolute Gasteiger partial charge is 0.0238 e. The van der Waals surface area contributed by atoms with E-state index >= 15 is 0 Å². The summed E-state index contributed by atoms with van der Waals surface area (Å²) >= 11 is -1.89. The van der Waals surface area contributed by atoms with Crippen LogP contribution in [0.25, 0.3) is 0 Å². The highest BCUT2D eigenvalue weighted by molar-refractivity contribution is 7.79. The van der Waals surface area contributed by atoms with Gasteiger partial charge < -0.3 is 4.55 Å². The molecule has 0 spiro atoms. The first-order chi connectivity index (χ1) is 5.59. The summed E-state index contributed by atoms with van der Waals surface area (Å²) in [4.78, 5) is 0. The van der Waals surface area contributed by atoms with Crippen LogP contribution in [0.1, 0.15) is 46.5 Å². The number of rotatable bonds is 6. The molecule has 2 atom stereocenters. The lowest BCUT2D eigenvalue weighted by atomic mass is 10.0. The predicted molar refractivity (Wildman–Crippen MR) is 51.7 cm³/mol. The van der Waals surface area contributed by atoms with Crippen molar-refractivity contribution in [2.24, 2.45) is 5.92 Å². The van der Waals surface area contributed by atoms with E-state index in [1.165, 1.54) is 0 Å². The molecule has 0 aliphatic heterocycles. The molecule has 0 saturated carbocycles. The molecule has 0 amide bonds. The van der Waals surface area contributed by atoms with Crippen LogP contribution in [0.4, 0.5) is 0 Å². The Kier molecular flexibility index (Phi) is 6.67. The summed E-state index contributed by atoms with van der Waals surface area (Å²) in [6, 6.07) is 0. The zero-order valence-corrected chi connectivity index (χ0v) is 9.02. The van der Waals surface area contributed by atoms with E-state index in [1.807, 2.05) is 13.8 Å². The van der Waals surface area contributed by atoms with Crippen molar-refractivity contribution in [2.45, 2.75) is 51.7 Å². The molecule has 3 heteroatoms. The van der Waals surface area contributed by atoms with Crippen LogP contribution >= 0.6 is 0 Å². The van der Waals surface area contributed by atoms with Gasteiger partial charge in [-0.1, -0.05) is 51.1 Å². The van der Waals surface area contributed by atoms with E-state index in [0.29, 0.717) is 0 Å². The molecule has 2 nitrogen and oxygen atoms in total. The van der Waals surface area contributed by atoms with Crippen LogP contribution in [-0.4, -0.2) is 14.0 Å². The highest BCUT2D eigenvalue weighted by Crippen LogP contribution is 2.15. The fraction of sp³-hybridized carbons (Fsp3) is 1.00. The van der Waals surface area contributed by atoms with Crippen LogP contribution in [0.2, 0.25) is 0 Å². The summed E-state index contributed by atoms with van der Waals surface area (Å²) in [5, 5.41) is -0.142. The molecular weight excluding hydrogens is 172 g/mol. The summed E-state index contributed by atoms with van der Waals surface area (Å²) in [5.41, 5.74) is 0. The van der Waals surface area contributed by atoms with Crippen molar-refractivity contribution in [1.29, 1.82) is 0 Å². The second-order valence-electron chi connectivity index (χ2n) is 3.54. The molecule has 0 aromatic rings. The minimum Gasteiger partial charge on any atom is -0.772 e. The second-order valence-corrected chi connectivity index (χ2v) is 4.67. The van der Waals surface area contributed by atoms with E-state index in [-0.39, 0.29) is 11.2 Å². The Morgan fingerprint density at radius 3 is 2.25 bits per heavy atom. The molecule has 0 rings (SSSR count). The van der Waals surface area contributed by atoms with Gasteiger partial charge in [-0.05, 0) is 12.3 Å². The van der Waals surface area contributed by atoms with Gasteiger partial charge in [0.1, 0.15) is 0 Å². The zero-order chi connectivity index (χ0) is 9.56. The Balaban J connectivity index is 3.72. The first-order valence-electron chi connectivity index (χ1n) is 4.67. The standard InChI is InChI=1S/C9H20O2S/c1-4-5-6-7-9(8(2)3)12(10)11/h8-9H,4-7H2,1-3H3,(H,10,11)/p-1. The third-order valence-electron chi connectivity index (χ3n) is 2.08. The van der Waals surface area contributed by atoms with Crippen LogP contribution in [0.5, 0.6) is 0 Å². The number of unbranched alkanes of at least 4 members (excludes halogenated alkanes) is 2. The maximum Gasteiger partial charge on any atom is 0.0238 e. The minimum atomic E-state index is -1.89. The maximum absolute atomic E-state index is 10.7. The van der Waals surface area contributed by atoms with E-state index < -0.39 is 11.1 Å². The number of hydrogen-bond acceptors (Lipinski definition) is 2. The molecule has 12 heavy (non-hydrogen) atoms. The molecule has 0 N–H and O–H groups in total.